The normalized spacial score (nSPS) is 10.9. The number of rotatable bonds is 4. The second-order valence-corrected chi connectivity index (χ2v) is 2.95. The van der Waals surface area contributed by atoms with Crippen molar-refractivity contribution in [1.29, 1.82) is 0 Å². The van der Waals surface area contributed by atoms with Gasteiger partial charge in [-0.05, 0) is 12.5 Å². The fraction of sp³-hybridized carbons (Fsp3) is 0.556. The summed E-state index contributed by atoms with van der Waals surface area (Å²) in [7, 11) is 0. The first-order valence-electron chi connectivity index (χ1n) is 4.43. The third-order valence-electron chi connectivity index (χ3n) is 1.86. The second-order valence-electron chi connectivity index (χ2n) is 2.95. The molecule has 0 unspecified atom stereocenters. The van der Waals surface area contributed by atoms with Crippen molar-refractivity contribution in [2.75, 3.05) is 0 Å². The van der Waals surface area contributed by atoms with Gasteiger partial charge in [0.25, 0.3) is 6.43 Å². The Bertz CT molecular complexity index is 305. The van der Waals surface area contributed by atoms with Gasteiger partial charge in [0.2, 0.25) is 0 Å². The van der Waals surface area contributed by atoms with Crippen LogP contribution in [-0.2, 0) is 13.0 Å². The number of hydrogen-bond donors (Lipinski definition) is 1. The molecule has 0 aliphatic heterocycles. The smallest absolute Gasteiger partial charge is 0.282 e. The molecule has 0 atom stereocenters. The van der Waals surface area contributed by atoms with Gasteiger partial charge >= 0.3 is 0 Å². The molecule has 1 aromatic heterocycles. The van der Waals surface area contributed by atoms with E-state index in [1.165, 1.54) is 6.07 Å². The van der Waals surface area contributed by atoms with E-state index in [4.69, 9.17) is 5.11 Å². The number of hydrogen-bond acceptors (Lipinski definition) is 3. The summed E-state index contributed by atoms with van der Waals surface area (Å²) in [5, 5.41) is 16.0. The Kier molecular flexibility index (Phi) is 3.88. The molecule has 0 aromatic carbocycles. The van der Waals surface area contributed by atoms with Crippen LogP contribution in [-0.4, -0.2) is 15.3 Å². The summed E-state index contributed by atoms with van der Waals surface area (Å²) in [6.07, 6.45) is -1.15. The summed E-state index contributed by atoms with van der Waals surface area (Å²) in [5.74, 6) is 0. The largest absolute Gasteiger partial charge is 0.392 e. The maximum atomic E-state index is 12.2. The van der Waals surface area contributed by atoms with E-state index < -0.39 is 6.43 Å². The number of aryl methyl sites for hydroxylation is 1. The maximum absolute atomic E-state index is 12.2. The summed E-state index contributed by atoms with van der Waals surface area (Å²) in [4.78, 5) is 0. The van der Waals surface area contributed by atoms with Crippen LogP contribution in [0, 0.1) is 0 Å². The van der Waals surface area contributed by atoms with Crippen LogP contribution in [0.3, 0.4) is 0 Å². The number of halogens is 2. The molecule has 1 aromatic rings. The summed E-state index contributed by atoms with van der Waals surface area (Å²) < 4.78 is 24.4. The Morgan fingerprint density at radius 2 is 2.14 bits per heavy atom. The Hall–Kier alpha value is -1.10. The van der Waals surface area contributed by atoms with E-state index in [9.17, 15) is 8.78 Å². The van der Waals surface area contributed by atoms with E-state index in [2.05, 4.69) is 10.2 Å². The quantitative estimate of drug-likeness (QED) is 0.810. The SMILES string of the molecule is CCCc1nnc(C(F)F)cc1CO. The van der Waals surface area contributed by atoms with Crippen molar-refractivity contribution in [2.24, 2.45) is 0 Å². The Morgan fingerprint density at radius 1 is 1.43 bits per heavy atom. The molecule has 1 heterocycles. The van der Waals surface area contributed by atoms with Crippen molar-refractivity contribution in [3.63, 3.8) is 0 Å². The minimum atomic E-state index is -2.64. The third kappa shape index (κ3) is 2.45. The van der Waals surface area contributed by atoms with E-state index in [1.54, 1.807) is 0 Å². The van der Waals surface area contributed by atoms with Gasteiger partial charge in [-0.25, -0.2) is 8.78 Å². The average molecular weight is 202 g/mol. The van der Waals surface area contributed by atoms with Gasteiger partial charge in [0.1, 0.15) is 5.69 Å². The molecule has 0 aliphatic rings. The summed E-state index contributed by atoms with van der Waals surface area (Å²) in [6.45, 7) is 1.68. The molecule has 5 heteroatoms. The molecule has 0 amide bonds. The van der Waals surface area contributed by atoms with Crippen molar-refractivity contribution < 1.29 is 13.9 Å². The first-order valence-corrected chi connectivity index (χ1v) is 4.43. The topological polar surface area (TPSA) is 46.0 Å². The zero-order valence-electron chi connectivity index (χ0n) is 7.87. The third-order valence-corrected chi connectivity index (χ3v) is 1.86. The van der Waals surface area contributed by atoms with Crippen LogP contribution < -0.4 is 0 Å². The zero-order chi connectivity index (χ0) is 10.6. The molecule has 0 bridgehead atoms. The molecule has 0 saturated heterocycles. The molecule has 0 radical (unpaired) electrons. The minimum absolute atomic E-state index is 0.273. The number of alkyl halides is 2. The molecule has 3 nitrogen and oxygen atoms in total. The highest BCUT2D eigenvalue weighted by atomic mass is 19.3. The first-order chi connectivity index (χ1) is 6.69. The molecular weight excluding hydrogens is 190 g/mol. The first kappa shape index (κ1) is 11.0. The van der Waals surface area contributed by atoms with Crippen LogP contribution in [0.15, 0.2) is 6.07 Å². The maximum Gasteiger partial charge on any atom is 0.282 e. The highest BCUT2D eigenvalue weighted by Crippen LogP contribution is 2.18. The van der Waals surface area contributed by atoms with E-state index >= 15 is 0 Å². The van der Waals surface area contributed by atoms with Crippen molar-refractivity contribution in [3.05, 3.63) is 23.0 Å². The Labute approximate surface area is 80.8 Å². The second kappa shape index (κ2) is 4.95. The van der Waals surface area contributed by atoms with Crippen LogP contribution >= 0.6 is 0 Å². The predicted octanol–water partition coefficient (Wildman–Crippen LogP) is 1.86. The number of aliphatic hydroxyl groups is 1. The van der Waals surface area contributed by atoms with Gasteiger partial charge in [0, 0.05) is 5.56 Å². The fourth-order valence-corrected chi connectivity index (χ4v) is 1.16. The van der Waals surface area contributed by atoms with Crippen molar-refractivity contribution in [1.82, 2.24) is 10.2 Å². The minimum Gasteiger partial charge on any atom is -0.392 e. The van der Waals surface area contributed by atoms with Gasteiger partial charge < -0.3 is 5.11 Å². The van der Waals surface area contributed by atoms with Crippen LogP contribution in [0.4, 0.5) is 8.78 Å². The van der Waals surface area contributed by atoms with Gasteiger partial charge in [-0.1, -0.05) is 13.3 Å². The van der Waals surface area contributed by atoms with Gasteiger partial charge in [0.05, 0.1) is 12.3 Å². The molecule has 0 spiro atoms. The van der Waals surface area contributed by atoms with Crippen molar-refractivity contribution in [2.45, 2.75) is 32.8 Å². The van der Waals surface area contributed by atoms with Gasteiger partial charge in [-0.2, -0.15) is 5.10 Å². The molecule has 0 saturated carbocycles. The molecule has 78 valence electrons. The lowest BCUT2D eigenvalue weighted by molar-refractivity contribution is 0.144. The van der Waals surface area contributed by atoms with Gasteiger partial charge in [-0.3, -0.25) is 0 Å². The number of nitrogens with zero attached hydrogens (tertiary/aromatic N) is 2. The highest BCUT2D eigenvalue weighted by molar-refractivity contribution is 5.21. The van der Waals surface area contributed by atoms with Crippen molar-refractivity contribution in [3.8, 4) is 0 Å². The molecule has 0 aliphatic carbocycles. The van der Waals surface area contributed by atoms with E-state index in [-0.39, 0.29) is 12.3 Å². The van der Waals surface area contributed by atoms with E-state index in [1.807, 2.05) is 6.92 Å². The summed E-state index contributed by atoms with van der Waals surface area (Å²) in [6, 6.07) is 1.21. The Balaban J connectivity index is 2.98. The van der Waals surface area contributed by atoms with Crippen LogP contribution in [0.1, 0.15) is 36.7 Å². The van der Waals surface area contributed by atoms with Gasteiger partial charge in [0.15, 0.2) is 0 Å². The van der Waals surface area contributed by atoms with E-state index in [0.717, 1.165) is 6.42 Å². The summed E-state index contributed by atoms with van der Waals surface area (Å²) >= 11 is 0. The molecule has 14 heavy (non-hydrogen) atoms. The molecule has 1 N–H and O–H groups in total. The van der Waals surface area contributed by atoms with Gasteiger partial charge in [-0.15, -0.1) is 5.10 Å². The Morgan fingerprint density at radius 3 is 2.64 bits per heavy atom. The lowest BCUT2D eigenvalue weighted by Crippen LogP contribution is -2.04. The zero-order valence-corrected chi connectivity index (χ0v) is 7.87. The lowest BCUT2D eigenvalue weighted by Gasteiger charge is -2.05. The molecule has 0 fully saturated rings. The monoisotopic (exact) mass is 202 g/mol. The van der Waals surface area contributed by atoms with Crippen LogP contribution in [0.5, 0.6) is 0 Å². The number of aromatic nitrogens is 2. The standard InChI is InChI=1S/C9H12F2N2O/c1-2-3-7-6(5-14)4-8(9(10)11)13-12-7/h4,9,14H,2-3,5H2,1H3. The molecule has 1 rings (SSSR count). The van der Waals surface area contributed by atoms with E-state index in [0.29, 0.717) is 17.7 Å². The fourth-order valence-electron chi connectivity index (χ4n) is 1.16. The van der Waals surface area contributed by atoms with Crippen molar-refractivity contribution >= 4 is 0 Å². The summed E-state index contributed by atoms with van der Waals surface area (Å²) in [5.41, 5.74) is 0.658. The lowest BCUT2D eigenvalue weighted by atomic mass is 10.1. The average Bonchev–Trinajstić information content (AvgIpc) is 2.18. The number of aliphatic hydroxyl groups excluding tert-OH is 1. The molecular formula is C9H12F2N2O. The van der Waals surface area contributed by atoms with Crippen LogP contribution in [0.25, 0.3) is 0 Å². The predicted molar refractivity (Wildman–Crippen MR) is 46.9 cm³/mol. The highest BCUT2D eigenvalue weighted by Gasteiger charge is 2.12. The van der Waals surface area contributed by atoms with Crippen LogP contribution in [0.2, 0.25) is 0 Å².